The van der Waals surface area contributed by atoms with Crippen LogP contribution >= 0.6 is 0 Å². The van der Waals surface area contributed by atoms with Crippen molar-refractivity contribution in [3.8, 4) is 0 Å². The van der Waals surface area contributed by atoms with E-state index in [2.05, 4.69) is 79.3 Å². The van der Waals surface area contributed by atoms with Gasteiger partial charge in [-0.3, -0.25) is 0 Å². The largest absolute Gasteiger partial charge is 0.516 e. The van der Waals surface area contributed by atoms with Gasteiger partial charge in [0.2, 0.25) is 7.83 Å². The lowest BCUT2D eigenvalue weighted by Gasteiger charge is -2.55. The van der Waals surface area contributed by atoms with Gasteiger partial charge in [-0.25, -0.2) is 4.79 Å². The smallest absolute Gasteiger partial charge is 0.320 e. The van der Waals surface area contributed by atoms with Crippen LogP contribution in [0.5, 0.6) is 0 Å². The van der Waals surface area contributed by atoms with Gasteiger partial charge < -0.3 is 17.1 Å². The topological polar surface area (TPSA) is 54.0 Å². The molecule has 31 heavy (non-hydrogen) atoms. The van der Waals surface area contributed by atoms with Crippen molar-refractivity contribution >= 4 is 46.8 Å². The highest BCUT2D eigenvalue weighted by atomic mass is 29.3. The third kappa shape index (κ3) is 7.33. The van der Waals surface area contributed by atoms with Gasteiger partial charge in [-0.2, -0.15) is 0 Å². The van der Waals surface area contributed by atoms with Gasteiger partial charge >= 0.3 is 14.5 Å². The number of hydrogen-bond donors (Lipinski definition) is 0. The van der Waals surface area contributed by atoms with Crippen molar-refractivity contribution in [1.29, 1.82) is 0 Å². The Morgan fingerprint density at radius 2 is 1.48 bits per heavy atom. The summed E-state index contributed by atoms with van der Waals surface area (Å²) in [6.45, 7) is 30.6. The molecule has 3 unspecified atom stereocenters. The highest BCUT2D eigenvalue weighted by Gasteiger charge is 2.62. The molecule has 1 saturated heterocycles. The lowest BCUT2D eigenvalue weighted by molar-refractivity contribution is -0.131. The maximum absolute atomic E-state index is 12.6. The molecule has 0 aliphatic carbocycles. The summed E-state index contributed by atoms with van der Waals surface area (Å²) < 4.78 is 26.9. The quantitative estimate of drug-likeness (QED) is 0.263. The van der Waals surface area contributed by atoms with Gasteiger partial charge in [0.25, 0.3) is 7.83 Å². The zero-order valence-electron chi connectivity index (χ0n) is 22.6. The molecule has 0 aromatic rings. The summed E-state index contributed by atoms with van der Waals surface area (Å²) in [6, 6.07) is 0.931. The molecule has 5 nitrogen and oxygen atoms in total. The molecule has 1 heterocycles. The molecule has 0 spiro atoms. The monoisotopic (exact) mass is 520 g/mol. The van der Waals surface area contributed by atoms with Gasteiger partial charge in [0.05, 0.1) is 5.60 Å². The highest BCUT2D eigenvalue weighted by molar-refractivity contribution is 7.36. The van der Waals surface area contributed by atoms with Crippen LogP contribution in [-0.4, -0.2) is 52.4 Å². The molecular weight excluding hydrogens is 473 g/mol. The van der Waals surface area contributed by atoms with Crippen LogP contribution in [0, 0.1) is 0 Å². The summed E-state index contributed by atoms with van der Waals surface area (Å²) in [5, 5.41) is 0. The van der Waals surface area contributed by atoms with Gasteiger partial charge in [-0.15, -0.1) is 0 Å². The molecule has 0 radical (unpaired) electrons. The van der Waals surface area contributed by atoms with Crippen molar-refractivity contribution in [2.45, 2.75) is 117 Å². The minimum atomic E-state index is -2.53. The van der Waals surface area contributed by atoms with Crippen molar-refractivity contribution in [3.05, 3.63) is 11.6 Å². The minimum Gasteiger partial charge on any atom is -0.516 e. The van der Waals surface area contributed by atoms with Crippen LogP contribution < -0.4 is 0 Å². The summed E-state index contributed by atoms with van der Waals surface area (Å²) in [5.41, 5.74) is 0.522. The van der Waals surface area contributed by atoms with Gasteiger partial charge in [-0.05, 0) is 98.7 Å². The Labute approximate surface area is 196 Å². The molecule has 0 N–H and O–H groups in total. The summed E-state index contributed by atoms with van der Waals surface area (Å²) >= 11 is 0. The van der Waals surface area contributed by atoms with E-state index in [1.807, 2.05) is 19.9 Å². The summed E-state index contributed by atoms with van der Waals surface area (Å²) in [5.74, 6) is -0.180. The van der Waals surface area contributed by atoms with E-state index in [1.165, 1.54) is 0 Å². The van der Waals surface area contributed by atoms with Crippen LogP contribution in [0.3, 0.4) is 0 Å². The fraction of sp³-hybridized carbons (Fsp3) is 0.857. The first-order valence-electron chi connectivity index (χ1n) is 11.6. The van der Waals surface area contributed by atoms with E-state index in [-0.39, 0.29) is 17.1 Å². The van der Waals surface area contributed by atoms with Crippen LogP contribution in [0.2, 0.25) is 77.1 Å². The first kappa shape index (κ1) is 29.2. The standard InChI is InChI=1S/C21H48O5Si5/c1-15-18(2)20(22)23-30(13)17-16-21(4,24-29(30,11)12)19(3)31(14,25-27(5,6)7)26-28(8,9)10/h15,19H,16-17H2,1-14H3. The SMILES string of the molecule is CC=C(C)C(=O)O[Si]1(C)CCC(C)(C(C)[Si](C)(O[Si](C)(C)C)O[Si](C)(C)C)O[Si]1(C)C. The van der Waals surface area contributed by atoms with Crippen molar-refractivity contribution in [3.63, 3.8) is 0 Å². The Kier molecular flexibility index (Phi) is 8.89. The lowest BCUT2D eigenvalue weighted by Crippen LogP contribution is -2.71. The fourth-order valence-corrected chi connectivity index (χ4v) is 26.2. The normalized spacial score (nSPS) is 28.9. The maximum atomic E-state index is 12.6. The van der Waals surface area contributed by atoms with E-state index in [1.54, 1.807) is 0 Å². The number of hydrogen-bond acceptors (Lipinski definition) is 5. The Hall–Kier alpha value is 0.174. The maximum Gasteiger partial charge on any atom is 0.320 e. The van der Waals surface area contributed by atoms with Gasteiger partial charge in [0, 0.05) is 11.1 Å². The molecule has 1 fully saturated rings. The molecule has 0 aromatic carbocycles. The Balaban J connectivity index is 3.26. The van der Waals surface area contributed by atoms with E-state index in [0.717, 1.165) is 12.5 Å². The van der Waals surface area contributed by atoms with Crippen LogP contribution in [0.4, 0.5) is 0 Å². The van der Waals surface area contributed by atoms with Gasteiger partial charge in [0.1, 0.15) is 0 Å². The average molecular weight is 521 g/mol. The van der Waals surface area contributed by atoms with Crippen LogP contribution in [0.25, 0.3) is 0 Å². The second-order valence-electron chi connectivity index (χ2n) is 12.2. The Bertz CT molecular complexity index is 681. The molecule has 0 bridgehead atoms. The molecule has 1 aliphatic rings. The predicted octanol–water partition coefficient (Wildman–Crippen LogP) is 6.70. The van der Waals surface area contributed by atoms with Gasteiger partial charge in [0.15, 0.2) is 16.6 Å². The number of carbonyl (C=O) groups excluding carboxylic acids is 1. The second kappa shape index (κ2) is 9.43. The Morgan fingerprint density at radius 3 is 1.84 bits per heavy atom. The average Bonchev–Trinajstić information content (AvgIpc) is 2.53. The highest BCUT2D eigenvalue weighted by Crippen LogP contribution is 2.49. The molecule has 10 heteroatoms. The molecule has 1 rings (SSSR count). The van der Waals surface area contributed by atoms with E-state index >= 15 is 0 Å². The van der Waals surface area contributed by atoms with Gasteiger partial charge in [-0.1, -0.05) is 13.0 Å². The van der Waals surface area contributed by atoms with E-state index < -0.39 is 40.9 Å². The summed E-state index contributed by atoms with van der Waals surface area (Å²) in [6.07, 6.45) is 2.70. The zero-order valence-corrected chi connectivity index (χ0v) is 27.6. The molecule has 0 saturated carbocycles. The van der Waals surface area contributed by atoms with E-state index in [9.17, 15) is 4.79 Å². The molecule has 0 aromatic heterocycles. The molecule has 3 atom stereocenters. The molecule has 1 aliphatic heterocycles. The second-order valence-corrected chi connectivity index (χ2v) is 38.3. The lowest BCUT2D eigenvalue weighted by atomic mass is 10.00. The van der Waals surface area contributed by atoms with Crippen LogP contribution in [-0.2, 0) is 21.9 Å². The van der Waals surface area contributed by atoms with Crippen molar-refractivity contribution in [1.82, 2.24) is 0 Å². The van der Waals surface area contributed by atoms with Crippen molar-refractivity contribution < 1.29 is 21.9 Å². The fourth-order valence-electron chi connectivity index (χ4n) is 4.38. The molecule has 182 valence electrons. The first-order valence-corrected chi connectivity index (χ1v) is 27.3. The van der Waals surface area contributed by atoms with Crippen LogP contribution in [0.15, 0.2) is 11.6 Å². The first-order chi connectivity index (χ1) is 13.6. The molecular formula is C21H48O5Si5. The summed E-state index contributed by atoms with van der Waals surface area (Å²) in [4.78, 5) is 12.6. The third-order valence-corrected chi connectivity index (χ3v) is 31.3. The molecule has 0 amide bonds. The number of carbonyl (C=O) groups is 1. The van der Waals surface area contributed by atoms with E-state index in [0.29, 0.717) is 5.57 Å². The Morgan fingerprint density at radius 1 is 1.03 bits per heavy atom. The minimum absolute atomic E-state index is 0.178. The third-order valence-electron chi connectivity index (χ3n) is 6.65. The number of rotatable bonds is 8. The van der Waals surface area contributed by atoms with Crippen molar-refractivity contribution in [2.24, 2.45) is 0 Å². The predicted molar refractivity (Wildman–Crippen MR) is 143 cm³/mol. The number of allylic oxidation sites excluding steroid dienone is 1. The summed E-state index contributed by atoms with van der Waals surface area (Å²) in [7, 11) is -10.7. The zero-order chi connectivity index (χ0) is 24.7. The van der Waals surface area contributed by atoms with Crippen molar-refractivity contribution in [2.75, 3.05) is 0 Å². The van der Waals surface area contributed by atoms with Crippen LogP contribution in [0.1, 0.15) is 34.1 Å². The van der Waals surface area contributed by atoms with E-state index in [4.69, 9.17) is 17.1 Å².